The minimum Gasteiger partial charge on any atom is -0.495 e. The molecule has 13 rings (SSSR count). The molecule has 0 spiro atoms. The van der Waals surface area contributed by atoms with Crippen molar-refractivity contribution in [2.24, 2.45) is 27.8 Å². The minimum absolute atomic E-state index is 0.00575. The molecule has 40 heteroatoms. The highest BCUT2D eigenvalue weighted by atomic mass is 79.9. The second kappa shape index (κ2) is 38.1. The number of amides is 7. The number of esters is 1. The Morgan fingerprint density at radius 1 is 0.605 bits per heavy atom. The Morgan fingerprint density at radius 3 is 1.55 bits per heavy atom. The first-order valence-electron chi connectivity index (χ1n) is 38.8. The van der Waals surface area contributed by atoms with Crippen molar-refractivity contribution < 1.29 is 105 Å². The molecule has 119 heavy (non-hydrogen) atoms. The van der Waals surface area contributed by atoms with Crippen LogP contribution in [0.25, 0.3) is 21.8 Å². The highest BCUT2D eigenvalue weighted by Gasteiger charge is 2.64. The van der Waals surface area contributed by atoms with E-state index in [4.69, 9.17) is 60.0 Å². The predicted octanol–water partition coefficient (Wildman–Crippen LogP) is 8.93. The zero-order valence-corrected chi connectivity index (χ0v) is 72.8. The van der Waals surface area contributed by atoms with Gasteiger partial charge in [0.25, 0.3) is 16.0 Å². The summed E-state index contributed by atoms with van der Waals surface area (Å²) in [4.78, 5) is 130. The van der Waals surface area contributed by atoms with E-state index in [2.05, 4.69) is 69.6 Å². The van der Waals surface area contributed by atoms with Crippen molar-refractivity contribution in [1.82, 2.24) is 45.8 Å². The van der Waals surface area contributed by atoms with Gasteiger partial charge in [0.2, 0.25) is 23.6 Å². The maximum atomic E-state index is 14.5. The van der Waals surface area contributed by atoms with Crippen LogP contribution in [0, 0.1) is 22.7 Å². The summed E-state index contributed by atoms with van der Waals surface area (Å²) in [5.41, 5.74) is -3.62. The minimum atomic E-state index is -4.43. The number of ether oxygens (including phenoxy) is 6. The second-order valence-electron chi connectivity index (χ2n) is 32.5. The first kappa shape index (κ1) is 92.6. The molecule has 2 aliphatic heterocycles. The predicted molar refractivity (Wildman–Crippen MR) is 439 cm³/mol. The first-order valence-corrected chi connectivity index (χ1v) is 44.6. The molecule has 8 fully saturated rings. The summed E-state index contributed by atoms with van der Waals surface area (Å²) in [6, 6.07) is 11.1. The number of rotatable bonds is 26. The average Bonchev–Trinajstić information content (AvgIpc) is 1.62. The van der Waals surface area contributed by atoms with E-state index in [0.717, 1.165) is 64.2 Å². The van der Waals surface area contributed by atoms with E-state index < -0.39 is 149 Å². The third kappa shape index (κ3) is 23.5. The van der Waals surface area contributed by atoms with Gasteiger partial charge in [-0.3, -0.25) is 46.3 Å². The van der Waals surface area contributed by atoms with Crippen LogP contribution >= 0.6 is 39.1 Å². The summed E-state index contributed by atoms with van der Waals surface area (Å²) in [6.07, 6.45) is 11.4. The van der Waals surface area contributed by atoms with E-state index >= 15 is 0 Å². The van der Waals surface area contributed by atoms with Gasteiger partial charge < -0.3 is 64.5 Å². The Balaban J connectivity index is 0.000000200. The molecule has 8 aliphatic rings. The lowest BCUT2D eigenvalue weighted by Crippen LogP contribution is -2.60. The smallest absolute Gasteiger partial charge is 0.408 e. The number of hydrogen-bond acceptors (Lipinski definition) is 25. The number of nitrogens with zero attached hydrogens (tertiary/aromatic N) is 3. The highest BCUT2D eigenvalue weighted by Crippen LogP contribution is 2.48. The van der Waals surface area contributed by atoms with Crippen molar-refractivity contribution in [2.45, 2.75) is 221 Å². The summed E-state index contributed by atoms with van der Waals surface area (Å²) >= 11 is 15.8. The van der Waals surface area contributed by atoms with Crippen LogP contribution in [-0.4, -0.2) is 199 Å². The number of methoxy groups -OCH3 is 3. The standard InChI is InChI=1S/C36H46ClN5O10S.C30H40BrN3O9S.C10H8ClNO2.C3H7NO3S/c1-6-20-18-36(20,33(45)41-53(47,48)52-22-11-12-22)40-31(43)25-17-23(50-26-15-16-38-29-24(26)13-14-27(49-5)28(29)37)19-42(25)32(44)30(35(2,3)4)39-34(46)51-21-9-7-8-10-21;1-6-18-16-30(18,27(37)41-5)33-25(35)23-15-21(43-44(39,40)22-13-11-19(31)12-14-22)17-34(23)26(36)24(29(2,3)4)32-28(38)42-20-9-7-8-10-20;1-14-8-3-2-6-7(13)4-5-12-10(6)9(8)11;4-8(5,6)7-3-1-2-3/h6,13-16,20-23,25,30H,1,7-12,17-19H2,2-5H3,(H,39,46)(H,40,43)(H,41,45);6,11-14,18,20-21,23-24H,1,7-10,15-17H2,2-5H3,(H,32,38)(H,33,35);2-5H,1H3,(H,12,13);3H,1-2H2,(H2,4,5,6)/t20-,23-,25+,30-,36-;18-,21+,23+,24-,30-;;/m11../s1. The molecule has 0 bridgehead atoms. The number of nitrogens with two attached hydrogens (primary N) is 1. The number of nitrogens with one attached hydrogen (secondary N) is 6. The molecule has 10 atom stereocenters. The average molecular weight is 1820 g/mol. The summed E-state index contributed by atoms with van der Waals surface area (Å²) in [6.45, 7) is 17.8. The van der Waals surface area contributed by atoms with Gasteiger partial charge in [-0.05, 0) is 155 Å². The number of likely N-dealkylation sites (tertiary alicyclic amines) is 2. The molecule has 34 nitrogen and oxygen atoms in total. The Bertz CT molecular complexity index is 5080. The van der Waals surface area contributed by atoms with Gasteiger partial charge in [0, 0.05) is 64.9 Å². The van der Waals surface area contributed by atoms with Crippen LogP contribution < -0.4 is 50.8 Å². The Morgan fingerprint density at radius 2 is 1.08 bits per heavy atom. The van der Waals surface area contributed by atoms with Gasteiger partial charge in [0.05, 0.1) is 62.1 Å². The molecule has 4 heterocycles. The van der Waals surface area contributed by atoms with Crippen LogP contribution in [0.4, 0.5) is 9.59 Å². The monoisotopic (exact) mass is 1820 g/mol. The fourth-order valence-corrected chi connectivity index (χ4v) is 18.0. The molecule has 6 aliphatic carbocycles. The zero-order chi connectivity index (χ0) is 87.1. The van der Waals surface area contributed by atoms with Crippen LogP contribution in [0.15, 0.2) is 113 Å². The summed E-state index contributed by atoms with van der Waals surface area (Å²) in [5.74, 6) is -3.77. The molecular formula is C79H101BrCl2N10O24S3. The summed E-state index contributed by atoms with van der Waals surface area (Å²) in [5, 5.41) is 17.3. The Labute approximate surface area is 708 Å². The van der Waals surface area contributed by atoms with Crippen LogP contribution in [0.1, 0.15) is 144 Å². The number of aromatic nitrogens is 2. The third-order valence-corrected chi connectivity index (χ3v) is 25.5. The molecule has 5 aromatic rings. The zero-order valence-electron chi connectivity index (χ0n) is 67.2. The third-order valence-electron chi connectivity index (χ3n) is 21.4. The summed E-state index contributed by atoms with van der Waals surface area (Å²) in [7, 11) is -8.12. The van der Waals surface area contributed by atoms with Gasteiger partial charge in [-0.15, -0.1) is 13.2 Å². The van der Waals surface area contributed by atoms with E-state index in [1.165, 1.54) is 61.6 Å². The van der Waals surface area contributed by atoms with Crippen LogP contribution in [0.3, 0.4) is 0 Å². The van der Waals surface area contributed by atoms with E-state index in [1.807, 2.05) is 4.72 Å². The molecule has 8 N–H and O–H groups in total. The van der Waals surface area contributed by atoms with Crippen molar-refractivity contribution >= 4 is 139 Å². The van der Waals surface area contributed by atoms with Gasteiger partial charge in [-0.2, -0.15) is 25.3 Å². The number of carbonyl (C=O) groups is 8. The molecular weight excluding hydrogens is 1720 g/mol. The van der Waals surface area contributed by atoms with Crippen LogP contribution in [-0.2, 0) is 86.3 Å². The SMILES string of the molecule is C=C[C@@H]1C[C@]1(NC(=O)[C@@H]1C[C@@H](Oc2ccnc3c(Cl)c(OC)ccc23)CN1C(=O)[C@@H](NC(=O)OC1CCCC1)C(C)(C)C)C(=O)NS(=O)(=O)OC1CC1.C=C[C@@H]1C[C@]1(NC(=O)[C@@H]1C[C@H](OS(=O)(=O)c2ccc(Br)cc2)CN1C(=O)[C@@H](NC(=O)OC1CCCC1)C(C)(C)C)C(=O)OC.COc1ccc2c(=O)cc[nH]c2c1Cl.NS(=O)(=O)OC1CC1. The van der Waals surface area contributed by atoms with Crippen molar-refractivity contribution in [3.05, 3.63) is 123 Å². The van der Waals surface area contributed by atoms with Crippen molar-refractivity contribution in [1.29, 1.82) is 0 Å². The normalized spacial score (nSPS) is 23.4. The van der Waals surface area contributed by atoms with Crippen LogP contribution in [0.2, 0.25) is 10.0 Å². The maximum absolute atomic E-state index is 14.5. The summed E-state index contributed by atoms with van der Waals surface area (Å²) < 4.78 is 122. The van der Waals surface area contributed by atoms with Gasteiger partial charge in [-0.1, -0.05) is 92.8 Å². The molecule has 2 aromatic heterocycles. The van der Waals surface area contributed by atoms with E-state index in [9.17, 15) is 68.4 Å². The molecule has 0 radical (unpaired) electrons. The Hall–Kier alpha value is -8.73. The van der Waals surface area contributed by atoms with Crippen molar-refractivity contribution in [3.8, 4) is 17.2 Å². The maximum Gasteiger partial charge on any atom is 0.408 e. The van der Waals surface area contributed by atoms with E-state index in [-0.39, 0.29) is 78.3 Å². The van der Waals surface area contributed by atoms with Gasteiger partial charge in [0.1, 0.15) is 80.9 Å². The number of carbonyl (C=O) groups excluding carboxylic acids is 8. The number of hydrogen-bond donors (Lipinski definition) is 7. The molecule has 2 saturated heterocycles. The van der Waals surface area contributed by atoms with Gasteiger partial charge in [-0.25, -0.2) is 24.2 Å². The largest absolute Gasteiger partial charge is 0.495 e. The topological polar surface area (TPSA) is 460 Å². The number of fused-ring (bicyclic) bond motifs is 2. The number of H-pyrrole nitrogens is 1. The molecule has 0 unspecified atom stereocenters. The molecule has 650 valence electrons. The van der Waals surface area contributed by atoms with Gasteiger partial charge >= 0.3 is 38.8 Å². The molecule has 3 aromatic carbocycles. The fraction of sp³-hybridized carbons (Fsp3) is 0.544. The Kier molecular flexibility index (Phi) is 29.7. The lowest BCUT2D eigenvalue weighted by atomic mass is 9.85. The van der Waals surface area contributed by atoms with Crippen molar-refractivity contribution in [3.63, 3.8) is 0 Å². The van der Waals surface area contributed by atoms with Crippen molar-refractivity contribution in [2.75, 3.05) is 34.4 Å². The number of aromatic amines is 1. The van der Waals surface area contributed by atoms with Gasteiger partial charge in [0.15, 0.2) is 5.43 Å². The number of alkyl carbamates (subject to hydrolysis) is 2. The fourth-order valence-electron chi connectivity index (χ4n) is 14.5. The highest BCUT2D eigenvalue weighted by molar-refractivity contribution is 9.10. The van der Waals surface area contributed by atoms with E-state index in [1.54, 1.807) is 96.3 Å². The molecule has 6 saturated carbocycles. The number of pyridine rings is 2. The number of halogens is 3. The lowest BCUT2D eigenvalue weighted by Gasteiger charge is -2.35. The van der Waals surface area contributed by atoms with Crippen LogP contribution in [0.5, 0.6) is 17.2 Å². The first-order chi connectivity index (χ1) is 56.0. The number of benzene rings is 3. The lowest BCUT2D eigenvalue weighted by molar-refractivity contribution is -0.148. The van der Waals surface area contributed by atoms with E-state index in [0.29, 0.717) is 61.4 Å². The quantitative estimate of drug-likeness (QED) is 0.0117. The second-order valence-corrected chi connectivity index (χ2v) is 38.2. The molecule has 7 amide bonds.